The monoisotopic (exact) mass is 395 g/mol. The van der Waals surface area contributed by atoms with E-state index >= 15 is 0 Å². The predicted molar refractivity (Wildman–Crippen MR) is 118 cm³/mol. The summed E-state index contributed by atoms with van der Waals surface area (Å²) in [5, 5.41) is 6.59. The molecule has 0 unspecified atom stereocenters. The maximum Gasteiger partial charge on any atom is 0.269 e. The number of rotatable bonds is 6. The first-order valence-electron chi connectivity index (χ1n) is 9.78. The normalized spacial score (nSPS) is 10.5. The summed E-state index contributed by atoms with van der Waals surface area (Å²) < 4.78 is 0. The smallest absolute Gasteiger partial charge is 0.269 e. The molecule has 0 aliphatic heterocycles. The molecule has 0 spiro atoms. The van der Waals surface area contributed by atoms with Crippen LogP contribution in [0.4, 0.5) is 0 Å². The Morgan fingerprint density at radius 3 is 2.03 bits per heavy atom. The largest absolute Gasteiger partial charge is 0.350 e. The standard InChI is InChI=1S/C25H21N3O2/c29-24(21-12-10-19(11-13-21)18-6-2-1-3-7-18)26-16-17-27-25(30)23-15-14-20-8-4-5-9-22(20)28-23/h1-15H,16-17H2,(H,26,29)(H,27,30). The molecule has 0 saturated heterocycles. The van der Waals surface area contributed by atoms with Crippen LogP contribution in [-0.2, 0) is 0 Å². The van der Waals surface area contributed by atoms with Crippen molar-refractivity contribution in [2.75, 3.05) is 13.1 Å². The Hall–Kier alpha value is -3.99. The van der Waals surface area contributed by atoms with Gasteiger partial charge in [0.15, 0.2) is 0 Å². The number of aromatic nitrogens is 1. The Balaban J connectivity index is 1.27. The number of fused-ring (bicyclic) bond motifs is 1. The van der Waals surface area contributed by atoms with Crippen molar-refractivity contribution in [1.29, 1.82) is 0 Å². The SMILES string of the molecule is O=C(NCCNC(=O)c1ccc2ccccc2n1)c1ccc(-c2ccccc2)cc1. The molecule has 0 radical (unpaired) electrons. The Morgan fingerprint density at radius 2 is 1.27 bits per heavy atom. The Bertz CT molecular complexity index is 1170. The second kappa shape index (κ2) is 9.01. The minimum atomic E-state index is -0.262. The predicted octanol–water partition coefficient (Wildman–Crippen LogP) is 4.06. The fourth-order valence-corrected chi connectivity index (χ4v) is 3.18. The Morgan fingerprint density at radius 1 is 0.633 bits per heavy atom. The third-order valence-electron chi connectivity index (χ3n) is 4.78. The van der Waals surface area contributed by atoms with Crippen molar-refractivity contribution < 1.29 is 9.59 Å². The zero-order valence-corrected chi connectivity index (χ0v) is 16.3. The maximum absolute atomic E-state index is 12.3. The van der Waals surface area contributed by atoms with Gasteiger partial charge in [0, 0.05) is 24.0 Å². The first-order chi connectivity index (χ1) is 14.7. The molecule has 2 N–H and O–H groups in total. The number of para-hydroxylation sites is 1. The van der Waals surface area contributed by atoms with Gasteiger partial charge < -0.3 is 10.6 Å². The molecular weight excluding hydrogens is 374 g/mol. The van der Waals surface area contributed by atoms with E-state index in [-0.39, 0.29) is 11.8 Å². The summed E-state index contributed by atoms with van der Waals surface area (Å²) in [6.07, 6.45) is 0. The summed E-state index contributed by atoms with van der Waals surface area (Å²) in [7, 11) is 0. The van der Waals surface area contributed by atoms with E-state index in [2.05, 4.69) is 15.6 Å². The van der Waals surface area contributed by atoms with Gasteiger partial charge in [-0.25, -0.2) is 4.98 Å². The minimum absolute atomic E-state index is 0.173. The van der Waals surface area contributed by atoms with Crippen LogP contribution in [0.25, 0.3) is 22.0 Å². The number of benzene rings is 3. The average molecular weight is 395 g/mol. The third-order valence-corrected chi connectivity index (χ3v) is 4.78. The van der Waals surface area contributed by atoms with Crippen LogP contribution in [0, 0.1) is 0 Å². The van der Waals surface area contributed by atoms with Gasteiger partial charge in [-0.3, -0.25) is 9.59 Å². The van der Waals surface area contributed by atoms with Gasteiger partial charge in [0.1, 0.15) is 5.69 Å². The molecule has 30 heavy (non-hydrogen) atoms. The molecule has 1 heterocycles. The van der Waals surface area contributed by atoms with Crippen LogP contribution >= 0.6 is 0 Å². The summed E-state index contributed by atoms with van der Waals surface area (Å²) in [5.74, 6) is -0.435. The van der Waals surface area contributed by atoms with Gasteiger partial charge in [0.05, 0.1) is 5.52 Å². The van der Waals surface area contributed by atoms with E-state index in [0.717, 1.165) is 22.0 Å². The lowest BCUT2D eigenvalue weighted by Gasteiger charge is -2.08. The van der Waals surface area contributed by atoms with Gasteiger partial charge in [-0.1, -0.05) is 66.7 Å². The highest BCUT2D eigenvalue weighted by Gasteiger charge is 2.09. The van der Waals surface area contributed by atoms with Crippen molar-refractivity contribution in [3.8, 4) is 11.1 Å². The van der Waals surface area contributed by atoms with Crippen LogP contribution in [0.5, 0.6) is 0 Å². The average Bonchev–Trinajstić information content (AvgIpc) is 2.82. The molecular formula is C25H21N3O2. The number of carbonyl (C=O) groups excluding carboxylic acids is 2. The fraction of sp³-hybridized carbons (Fsp3) is 0.0800. The van der Waals surface area contributed by atoms with E-state index in [1.165, 1.54) is 0 Å². The molecule has 2 amide bonds. The first kappa shape index (κ1) is 19.3. The quantitative estimate of drug-likeness (QED) is 0.484. The van der Waals surface area contributed by atoms with Gasteiger partial charge in [-0.2, -0.15) is 0 Å². The number of pyridine rings is 1. The molecule has 148 valence electrons. The molecule has 0 bridgehead atoms. The molecule has 0 fully saturated rings. The van der Waals surface area contributed by atoms with Crippen molar-refractivity contribution in [3.63, 3.8) is 0 Å². The zero-order chi connectivity index (χ0) is 20.8. The lowest BCUT2D eigenvalue weighted by Crippen LogP contribution is -2.35. The first-order valence-corrected chi connectivity index (χ1v) is 9.78. The highest BCUT2D eigenvalue weighted by molar-refractivity contribution is 5.95. The van der Waals surface area contributed by atoms with Crippen molar-refractivity contribution in [3.05, 3.63) is 102 Å². The fourth-order valence-electron chi connectivity index (χ4n) is 3.18. The topological polar surface area (TPSA) is 71.1 Å². The van der Waals surface area contributed by atoms with Crippen LogP contribution in [0.15, 0.2) is 91.0 Å². The summed E-state index contributed by atoms with van der Waals surface area (Å²) in [6, 6.07) is 28.7. The molecule has 4 rings (SSSR count). The molecule has 4 aromatic rings. The van der Waals surface area contributed by atoms with Gasteiger partial charge in [0.25, 0.3) is 11.8 Å². The van der Waals surface area contributed by atoms with Gasteiger partial charge in [0.2, 0.25) is 0 Å². The Kier molecular flexibility index (Phi) is 5.80. The number of amides is 2. The van der Waals surface area contributed by atoms with Crippen molar-refractivity contribution in [2.45, 2.75) is 0 Å². The molecule has 3 aromatic carbocycles. The van der Waals surface area contributed by atoms with Gasteiger partial charge in [-0.15, -0.1) is 0 Å². The summed E-state index contributed by atoms with van der Waals surface area (Å²) in [6.45, 7) is 0.653. The van der Waals surface area contributed by atoms with Crippen LogP contribution in [0.3, 0.4) is 0 Å². The molecule has 1 aromatic heterocycles. The lowest BCUT2D eigenvalue weighted by atomic mass is 10.0. The highest BCUT2D eigenvalue weighted by atomic mass is 16.2. The molecule has 0 saturated carbocycles. The van der Waals surface area contributed by atoms with Crippen molar-refractivity contribution >= 4 is 22.7 Å². The highest BCUT2D eigenvalue weighted by Crippen LogP contribution is 2.19. The minimum Gasteiger partial charge on any atom is -0.350 e. The zero-order valence-electron chi connectivity index (χ0n) is 16.3. The van der Waals surface area contributed by atoms with Crippen LogP contribution < -0.4 is 10.6 Å². The lowest BCUT2D eigenvalue weighted by molar-refractivity contribution is 0.0925. The number of nitrogens with one attached hydrogen (secondary N) is 2. The van der Waals surface area contributed by atoms with Gasteiger partial charge >= 0.3 is 0 Å². The van der Waals surface area contributed by atoms with E-state index in [1.807, 2.05) is 72.8 Å². The number of hydrogen-bond donors (Lipinski definition) is 2. The van der Waals surface area contributed by atoms with Crippen molar-refractivity contribution in [2.24, 2.45) is 0 Å². The number of carbonyl (C=O) groups is 2. The van der Waals surface area contributed by atoms with E-state index in [1.54, 1.807) is 18.2 Å². The number of hydrogen-bond acceptors (Lipinski definition) is 3. The van der Waals surface area contributed by atoms with Crippen LogP contribution in [0.1, 0.15) is 20.8 Å². The van der Waals surface area contributed by atoms with E-state index in [4.69, 9.17) is 0 Å². The van der Waals surface area contributed by atoms with Crippen LogP contribution in [0.2, 0.25) is 0 Å². The molecule has 0 aliphatic carbocycles. The number of nitrogens with zero attached hydrogens (tertiary/aromatic N) is 1. The van der Waals surface area contributed by atoms with Crippen molar-refractivity contribution in [1.82, 2.24) is 15.6 Å². The summed E-state index contributed by atoms with van der Waals surface area (Å²) >= 11 is 0. The second-order valence-corrected chi connectivity index (χ2v) is 6.84. The Labute approximate surface area is 174 Å². The molecule has 0 atom stereocenters. The van der Waals surface area contributed by atoms with E-state index in [9.17, 15) is 9.59 Å². The summed E-state index contributed by atoms with van der Waals surface area (Å²) in [4.78, 5) is 29.0. The van der Waals surface area contributed by atoms with E-state index in [0.29, 0.717) is 24.3 Å². The van der Waals surface area contributed by atoms with E-state index < -0.39 is 0 Å². The maximum atomic E-state index is 12.3. The second-order valence-electron chi connectivity index (χ2n) is 6.84. The summed E-state index contributed by atoms with van der Waals surface area (Å²) in [5.41, 5.74) is 3.88. The molecule has 5 heteroatoms. The molecule has 0 aliphatic rings. The van der Waals surface area contributed by atoms with Crippen LogP contribution in [-0.4, -0.2) is 29.9 Å². The van der Waals surface area contributed by atoms with Gasteiger partial charge in [-0.05, 0) is 35.4 Å². The third kappa shape index (κ3) is 4.52. The molecule has 5 nitrogen and oxygen atoms in total.